The van der Waals surface area contributed by atoms with Crippen molar-refractivity contribution in [3.8, 4) is 0 Å². The maximum atomic E-state index is 12.3. The van der Waals surface area contributed by atoms with E-state index in [1.807, 2.05) is 11.9 Å². The third-order valence-electron chi connectivity index (χ3n) is 4.80. The second kappa shape index (κ2) is 6.41. The molecule has 0 aromatic heterocycles. The van der Waals surface area contributed by atoms with Crippen LogP contribution >= 0.6 is 0 Å². The summed E-state index contributed by atoms with van der Waals surface area (Å²) < 4.78 is 11.3. The van der Waals surface area contributed by atoms with Crippen LogP contribution in [0.15, 0.2) is 0 Å². The number of carbonyl (C=O) groups is 1. The van der Waals surface area contributed by atoms with Gasteiger partial charge >= 0.3 is 0 Å². The smallest absolute Gasteiger partial charge is 0.236 e. The average Bonchev–Trinajstić information content (AvgIpc) is 2.82. The lowest BCUT2D eigenvalue weighted by Gasteiger charge is -2.39. The van der Waals surface area contributed by atoms with E-state index in [9.17, 15) is 4.79 Å². The van der Waals surface area contributed by atoms with E-state index in [1.54, 1.807) is 7.11 Å². The van der Waals surface area contributed by atoms with Crippen molar-refractivity contribution in [2.75, 3.05) is 40.4 Å². The van der Waals surface area contributed by atoms with Crippen LogP contribution in [0.1, 0.15) is 33.1 Å². The van der Waals surface area contributed by atoms with Crippen molar-refractivity contribution in [1.82, 2.24) is 9.80 Å². The first-order valence-corrected chi connectivity index (χ1v) is 7.60. The molecule has 116 valence electrons. The normalized spacial score (nSPS) is 25.9. The second-order valence-corrected chi connectivity index (χ2v) is 6.45. The Balaban J connectivity index is 1.81. The fraction of sp³-hybridized carbons (Fsp3) is 0.933. The maximum absolute atomic E-state index is 12.3. The molecule has 5 nitrogen and oxygen atoms in total. The fourth-order valence-electron chi connectivity index (χ4n) is 2.96. The Morgan fingerprint density at radius 3 is 2.60 bits per heavy atom. The fourth-order valence-corrected chi connectivity index (χ4v) is 2.96. The van der Waals surface area contributed by atoms with Gasteiger partial charge in [0.2, 0.25) is 5.91 Å². The highest BCUT2D eigenvalue weighted by molar-refractivity contribution is 5.78. The standard InChI is InChI=1S/C15H28N2O3/c1-12(2)16(3)10-14(18)17-7-5-15(6-8-17)9-13(19-4)11-20-15/h12-13H,5-11H2,1-4H3. The number of nitrogens with zero attached hydrogens (tertiary/aromatic N) is 2. The third kappa shape index (κ3) is 3.51. The number of amides is 1. The molecule has 0 saturated carbocycles. The quantitative estimate of drug-likeness (QED) is 0.776. The first kappa shape index (κ1) is 15.7. The molecule has 0 aromatic rings. The number of methoxy groups -OCH3 is 1. The van der Waals surface area contributed by atoms with Gasteiger partial charge in [-0.2, -0.15) is 0 Å². The molecule has 20 heavy (non-hydrogen) atoms. The highest BCUT2D eigenvalue weighted by atomic mass is 16.6. The molecule has 1 unspecified atom stereocenters. The lowest BCUT2D eigenvalue weighted by molar-refractivity contribution is -0.137. The van der Waals surface area contributed by atoms with Crippen LogP contribution in [0.3, 0.4) is 0 Å². The van der Waals surface area contributed by atoms with E-state index in [2.05, 4.69) is 18.7 Å². The number of hydrogen-bond acceptors (Lipinski definition) is 4. The van der Waals surface area contributed by atoms with Crippen molar-refractivity contribution in [3.05, 3.63) is 0 Å². The summed E-state index contributed by atoms with van der Waals surface area (Å²) in [5, 5.41) is 0. The van der Waals surface area contributed by atoms with Gasteiger partial charge in [0.05, 0.1) is 24.9 Å². The summed E-state index contributed by atoms with van der Waals surface area (Å²) in [6, 6.07) is 0.399. The van der Waals surface area contributed by atoms with E-state index >= 15 is 0 Å². The predicted octanol–water partition coefficient (Wildman–Crippen LogP) is 1.12. The monoisotopic (exact) mass is 284 g/mol. The van der Waals surface area contributed by atoms with Gasteiger partial charge < -0.3 is 14.4 Å². The van der Waals surface area contributed by atoms with Crippen molar-refractivity contribution in [1.29, 1.82) is 0 Å². The molecule has 2 rings (SSSR count). The lowest BCUT2D eigenvalue weighted by atomic mass is 9.88. The van der Waals surface area contributed by atoms with Crippen molar-refractivity contribution in [2.45, 2.75) is 50.9 Å². The van der Waals surface area contributed by atoms with Gasteiger partial charge in [-0.3, -0.25) is 9.69 Å². The zero-order valence-electron chi connectivity index (χ0n) is 13.2. The van der Waals surface area contributed by atoms with Gasteiger partial charge in [0.25, 0.3) is 0 Å². The van der Waals surface area contributed by atoms with E-state index in [-0.39, 0.29) is 17.6 Å². The Morgan fingerprint density at radius 2 is 2.10 bits per heavy atom. The van der Waals surface area contributed by atoms with Gasteiger partial charge in [0.15, 0.2) is 0 Å². The zero-order valence-corrected chi connectivity index (χ0v) is 13.2. The van der Waals surface area contributed by atoms with Crippen molar-refractivity contribution in [2.24, 2.45) is 0 Å². The summed E-state index contributed by atoms with van der Waals surface area (Å²) in [6.45, 7) is 7.03. The van der Waals surface area contributed by atoms with E-state index in [0.717, 1.165) is 32.4 Å². The van der Waals surface area contributed by atoms with E-state index in [0.29, 0.717) is 19.2 Å². The highest BCUT2D eigenvalue weighted by Crippen LogP contribution is 2.36. The van der Waals surface area contributed by atoms with Crippen LogP contribution in [0, 0.1) is 0 Å². The maximum Gasteiger partial charge on any atom is 0.236 e. The number of hydrogen-bond donors (Lipinski definition) is 0. The molecule has 0 aromatic carbocycles. The molecule has 0 radical (unpaired) electrons. The number of carbonyl (C=O) groups excluding carboxylic acids is 1. The Bertz CT molecular complexity index is 338. The molecule has 1 spiro atoms. The number of ether oxygens (including phenoxy) is 2. The molecule has 2 heterocycles. The summed E-state index contributed by atoms with van der Waals surface area (Å²) >= 11 is 0. The lowest BCUT2D eigenvalue weighted by Crippen LogP contribution is -2.49. The number of likely N-dealkylation sites (N-methyl/N-ethyl adjacent to an activating group) is 1. The molecule has 2 fully saturated rings. The zero-order chi connectivity index (χ0) is 14.8. The predicted molar refractivity (Wildman–Crippen MR) is 77.7 cm³/mol. The molecular weight excluding hydrogens is 256 g/mol. The molecule has 0 aliphatic carbocycles. The molecule has 1 amide bonds. The van der Waals surface area contributed by atoms with Crippen LogP contribution < -0.4 is 0 Å². The average molecular weight is 284 g/mol. The summed E-state index contributed by atoms with van der Waals surface area (Å²) in [4.78, 5) is 16.3. The molecule has 2 aliphatic rings. The van der Waals surface area contributed by atoms with Gasteiger partial charge in [0, 0.05) is 32.7 Å². The van der Waals surface area contributed by atoms with Gasteiger partial charge in [-0.1, -0.05) is 0 Å². The van der Waals surface area contributed by atoms with E-state index in [4.69, 9.17) is 9.47 Å². The topological polar surface area (TPSA) is 42.0 Å². The summed E-state index contributed by atoms with van der Waals surface area (Å²) in [5.74, 6) is 0.234. The molecule has 1 atom stereocenters. The van der Waals surface area contributed by atoms with Gasteiger partial charge in [-0.05, 0) is 33.7 Å². The van der Waals surface area contributed by atoms with E-state index in [1.165, 1.54) is 0 Å². The van der Waals surface area contributed by atoms with Gasteiger partial charge in [0.1, 0.15) is 0 Å². The van der Waals surface area contributed by atoms with E-state index < -0.39 is 0 Å². The highest BCUT2D eigenvalue weighted by Gasteiger charge is 2.43. The van der Waals surface area contributed by atoms with Crippen LogP contribution in [0.4, 0.5) is 0 Å². The van der Waals surface area contributed by atoms with Crippen LogP contribution in [-0.4, -0.2) is 73.9 Å². The first-order chi connectivity index (χ1) is 9.46. The Morgan fingerprint density at radius 1 is 1.45 bits per heavy atom. The largest absolute Gasteiger partial charge is 0.379 e. The molecular formula is C15H28N2O3. The van der Waals surface area contributed by atoms with Gasteiger partial charge in [-0.15, -0.1) is 0 Å². The minimum atomic E-state index is -0.0403. The molecule has 0 bridgehead atoms. The molecule has 5 heteroatoms. The minimum Gasteiger partial charge on any atom is -0.379 e. The Hall–Kier alpha value is -0.650. The Labute approximate surface area is 122 Å². The first-order valence-electron chi connectivity index (χ1n) is 7.60. The second-order valence-electron chi connectivity index (χ2n) is 6.45. The number of piperidine rings is 1. The molecule has 0 N–H and O–H groups in total. The van der Waals surface area contributed by atoms with Crippen LogP contribution in [0.25, 0.3) is 0 Å². The SMILES string of the molecule is COC1COC2(CCN(C(=O)CN(C)C(C)C)CC2)C1. The summed E-state index contributed by atoms with van der Waals surface area (Å²) in [5.41, 5.74) is -0.0403. The van der Waals surface area contributed by atoms with Crippen molar-refractivity contribution >= 4 is 5.91 Å². The summed E-state index contributed by atoms with van der Waals surface area (Å²) in [7, 11) is 3.74. The number of rotatable bonds is 4. The third-order valence-corrected chi connectivity index (χ3v) is 4.80. The number of likely N-dealkylation sites (tertiary alicyclic amines) is 1. The van der Waals surface area contributed by atoms with Gasteiger partial charge in [-0.25, -0.2) is 0 Å². The van der Waals surface area contributed by atoms with Crippen molar-refractivity contribution < 1.29 is 14.3 Å². The Kier molecular flexibility index (Phi) is 5.04. The molecule has 2 aliphatic heterocycles. The van der Waals surface area contributed by atoms with Crippen molar-refractivity contribution in [3.63, 3.8) is 0 Å². The molecule has 2 saturated heterocycles. The van der Waals surface area contributed by atoms with Crippen LogP contribution in [0.5, 0.6) is 0 Å². The summed E-state index contributed by atoms with van der Waals surface area (Å²) in [6.07, 6.45) is 3.06. The minimum absolute atomic E-state index is 0.0403. The van der Waals surface area contributed by atoms with Crippen LogP contribution in [-0.2, 0) is 14.3 Å². The van der Waals surface area contributed by atoms with Crippen LogP contribution in [0.2, 0.25) is 0 Å².